The van der Waals surface area contributed by atoms with Crippen molar-refractivity contribution >= 4 is 18.4 Å². The van der Waals surface area contributed by atoms with Gasteiger partial charge in [-0.3, -0.25) is 5.10 Å². The summed E-state index contributed by atoms with van der Waals surface area (Å²) in [5, 5.41) is 18.9. The Kier molecular flexibility index (Phi) is 5.80. The Morgan fingerprint density at radius 1 is 0.935 bits per heavy atom. The third-order valence-corrected chi connectivity index (χ3v) is 4.85. The van der Waals surface area contributed by atoms with Crippen molar-refractivity contribution in [1.82, 2.24) is 25.1 Å². The monoisotopic (exact) mass is 436 g/mol. The summed E-state index contributed by atoms with van der Waals surface area (Å²) in [4.78, 5) is 0. The van der Waals surface area contributed by atoms with Crippen LogP contribution in [-0.2, 0) is 0 Å². The number of ether oxygens (including phenoxy) is 3. The van der Waals surface area contributed by atoms with Crippen molar-refractivity contribution in [3.8, 4) is 40.0 Å². The molecule has 0 aliphatic rings. The molecule has 158 valence electrons. The molecule has 9 nitrogen and oxygen atoms in total. The second kappa shape index (κ2) is 8.84. The summed E-state index contributed by atoms with van der Waals surface area (Å²) in [6.07, 6.45) is 1.62. The van der Waals surface area contributed by atoms with Crippen LogP contribution in [0.3, 0.4) is 0 Å². The van der Waals surface area contributed by atoms with E-state index in [2.05, 4.69) is 25.5 Å². The van der Waals surface area contributed by atoms with Crippen LogP contribution in [0.5, 0.6) is 17.2 Å². The number of hydrogen-bond donors (Lipinski definition) is 2. The van der Waals surface area contributed by atoms with Crippen LogP contribution in [0.4, 0.5) is 0 Å². The lowest BCUT2D eigenvalue weighted by Crippen LogP contribution is -2.00. The first kappa shape index (κ1) is 20.4. The normalized spacial score (nSPS) is 11.1. The van der Waals surface area contributed by atoms with Gasteiger partial charge in [-0.15, -0.1) is 0 Å². The van der Waals surface area contributed by atoms with E-state index in [1.165, 1.54) is 4.68 Å². The summed E-state index contributed by atoms with van der Waals surface area (Å²) in [6, 6.07) is 15.3. The lowest BCUT2D eigenvalue weighted by atomic mass is 10.1. The average Bonchev–Trinajstić information content (AvgIpc) is 3.44. The number of hydrogen-bond acceptors (Lipinski definition) is 7. The molecule has 0 radical (unpaired) electrons. The molecule has 4 aromatic rings. The molecule has 2 N–H and O–H groups in total. The maximum Gasteiger partial charge on any atom is 0.216 e. The number of aromatic amines is 2. The van der Waals surface area contributed by atoms with Gasteiger partial charge in [-0.1, -0.05) is 30.3 Å². The predicted molar refractivity (Wildman–Crippen MR) is 120 cm³/mol. The first-order chi connectivity index (χ1) is 15.2. The topological polar surface area (TPSA) is 102 Å². The van der Waals surface area contributed by atoms with Gasteiger partial charge in [0.05, 0.1) is 33.2 Å². The number of rotatable bonds is 7. The standard InChI is InChI=1S/C21H20N6O3S/c1-28-17-10-9-14(18(29-2)19(17)30-3)12-22-27-20(25-26-21(27)31)16-11-15(23-24-16)13-7-5-4-6-8-13/h4-12H,1-3H3,(H,23,24)(H,26,31). The molecule has 0 fully saturated rings. The van der Waals surface area contributed by atoms with Crippen molar-refractivity contribution in [1.29, 1.82) is 0 Å². The van der Waals surface area contributed by atoms with Crippen LogP contribution < -0.4 is 14.2 Å². The molecule has 10 heteroatoms. The van der Waals surface area contributed by atoms with Gasteiger partial charge in [-0.05, 0) is 30.4 Å². The highest BCUT2D eigenvalue weighted by Crippen LogP contribution is 2.39. The van der Waals surface area contributed by atoms with Crippen LogP contribution in [0.25, 0.3) is 22.8 Å². The van der Waals surface area contributed by atoms with Crippen molar-refractivity contribution in [2.24, 2.45) is 5.10 Å². The van der Waals surface area contributed by atoms with Crippen molar-refractivity contribution in [3.05, 3.63) is 58.9 Å². The molecule has 0 bridgehead atoms. The number of aromatic nitrogens is 5. The molecular weight excluding hydrogens is 416 g/mol. The molecule has 0 saturated heterocycles. The molecule has 0 aliphatic heterocycles. The Bertz CT molecular complexity index is 1280. The summed E-state index contributed by atoms with van der Waals surface area (Å²) >= 11 is 5.36. The molecule has 4 rings (SSSR count). The highest BCUT2D eigenvalue weighted by atomic mass is 32.1. The van der Waals surface area contributed by atoms with Crippen molar-refractivity contribution in [3.63, 3.8) is 0 Å². The van der Waals surface area contributed by atoms with Crippen LogP contribution in [0.15, 0.2) is 53.6 Å². The van der Waals surface area contributed by atoms with Gasteiger partial charge in [0.2, 0.25) is 16.3 Å². The summed E-state index contributed by atoms with van der Waals surface area (Å²) in [7, 11) is 4.67. The molecular formula is C21H20N6O3S. The van der Waals surface area contributed by atoms with E-state index in [1.807, 2.05) is 42.5 Å². The number of nitrogens with one attached hydrogen (secondary N) is 2. The van der Waals surface area contributed by atoms with Crippen LogP contribution in [0, 0.1) is 4.77 Å². The van der Waals surface area contributed by atoms with E-state index in [0.717, 1.165) is 11.3 Å². The zero-order valence-corrected chi connectivity index (χ0v) is 17.9. The molecule has 0 spiro atoms. The van der Waals surface area contributed by atoms with Gasteiger partial charge in [0.25, 0.3) is 0 Å². The lowest BCUT2D eigenvalue weighted by Gasteiger charge is -2.13. The minimum atomic E-state index is 0.335. The molecule has 0 amide bonds. The molecule has 2 aromatic heterocycles. The molecule has 2 aromatic carbocycles. The SMILES string of the molecule is COc1ccc(C=Nn2c(-c3cc(-c4ccccc4)n[nH]3)n[nH]c2=S)c(OC)c1OC. The van der Waals surface area contributed by atoms with E-state index in [0.29, 0.717) is 39.1 Å². The van der Waals surface area contributed by atoms with Gasteiger partial charge in [0.15, 0.2) is 11.5 Å². The van der Waals surface area contributed by atoms with Gasteiger partial charge in [0, 0.05) is 11.1 Å². The van der Waals surface area contributed by atoms with Crippen LogP contribution in [0.2, 0.25) is 0 Å². The van der Waals surface area contributed by atoms with E-state index in [-0.39, 0.29) is 0 Å². The second-order valence-corrected chi connectivity index (χ2v) is 6.75. The average molecular weight is 436 g/mol. The molecule has 0 saturated carbocycles. The Morgan fingerprint density at radius 3 is 2.42 bits per heavy atom. The zero-order chi connectivity index (χ0) is 21.8. The zero-order valence-electron chi connectivity index (χ0n) is 17.1. The van der Waals surface area contributed by atoms with Crippen molar-refractivity contribution in [2.75, 3.05) is 21.3 Å². The summed E-state index contributed by atoms with van der Waals surface area (Å²) in [5.41, 5.74) is 3.14. The van der Waals surface area contributed by atoms with E-state index >= 15 is 0 Å². The fourth-order valence-corrected chi connectivity index (χ4v) is 3.29. The smallest absolute Gasteiger partial charge is 0.216 e. The van der Waals surface area contributed by atoms with Crippen LogP contribution in [0.1, 0.15) is 5.56 Å². The highest BCUT2D eigenvalue weighted by Gasteiger charge is 2.16. The summed E-state index contributed by atoms with van der Waals surface area (Å²) < 4.78 is 18.1. The van der Waals surface area contributed by atoms with Crippen LogP contribution in [-0.4, -0.2) is 52.6 Å². The number of nitrogens with zero attached hydrogens (tertiary/aromatic N) is 4. The fourth-order valence-electron chi connectivity index (χ4n) is 3.11. The second-order valence-electron chi connectivity index (χ2n) is 6.37. The first-order valence-corrected chi connectivity index (χ1v) is 9.69. The Labute approximate surface area is 183 Å². The maximum absolute atomic E-state index is 5.51. The summed E-state index contributed by atoms with van der Waals surface area (Å²) in [5.74, 6) is 2.03. The van der Waals surface area contributed by atoms with E-state index < -0.39 is 0 Å². The minimum Gasteiger partial charge on any atom is -0.493 e. The minimum absolute atomic E-state index is 0.335. The molecule has 2 heterocycles. The third-order valence-electron chi connectivity index (χ3n) is 4.59. The lowest BCUT2D eigenvalue weighted by molar-refractivity contribution is 0.324. The fraction of sp³-hybridized carbons (Fsp3) is 0.143. The van der Waals surface area contributed by atoms with Crippen LogP contribution >= 0.6 is 12.2 Å². The van der Waals surface area contributed by atoms with E-state index in [9.17, 15) is 0 Å². The van der Waals surface area contributed by atoms with Gasteiger partial charge < -0.3 is 14.2 Å². The highest BCUT2D eigenvalue weighted by molar-refractivity contribution is 7.71. The van der Waals surface area contributed by atoms with Gasteiger partial charge in [0.1, 0.15) is 5.69 Å². The van der Waals surface area contributed by atoms with Gasteiger partial charge in [-0.25, -0.2) is 5.10 Å². The van der Waals surface area contributed by atoms with E-state index in [1.54, 1.807) is 33.6 Å². The predicted octanol–water partition coefficient (Wildman–Crippen LogP) is 3.91. The maximum atomic E-state index is 5.51. The molecule has 0 aliphatic carbocycles. The van der Waals surface area contributed by atoms with Gasteiger partial charge in [-0.2, -0.15) is 20.0 Å². The quantitative estimate of drug-likeness (QED) is 0.336. The van der Waals surface area contributed by atoms with E-state index in [4.69, 9.17) is 26.4 Å². The van der Waals surface area contributed by atoms with Gasteiger partial charge >= 0.3 is 0 Å². The third kappa shape index (κ3) is 3.92. The molecule has 0 atom stereocenters. The number of methoxy groups -OCH3 is 3. The molecule has 0 unspecified atom stereocenters. The Hall–Kier alpha value is -3.92. The largest absolute Gasteiger partial charge is 0.493 e. The number of benzene rings is 2. The van der Waals surface area contributed by atoms with Crippen molar-refractivity contribution in [2.45, 2.75) is 0 Å². The first-order valence-electron chi connectivity index (χ1n) is 9.28. The Balaban J connectivity index is 1.71. The number of H-pyrrole nitrogens is 2. The Morgan fingerprint density at radius 2 is 1.71 bits per heavy atom. The molecule has 31 heavy (non-hydrogen) atoms. The van der Waals surface area contributed by atoms with Crippen molar-refractivity contribution < 1.29 is 14.2 Å². The summed E-state index contributed by atoms with van der Waals surface area (Å²) in [6.45, 7) is 0.